The zero-order valence-corrected chi connectivity index (χ0v) is 12.9. The van der Waals surface area contributed by atoms with Crippen LogP contribution < -0.4 is 0 Å². The minimum atomic E-state index is 0.700. The highest BCUT2D eigenvalue weighted by Crippen LogP contribution is 2.33. The fourth-order valence-corrected chi connectivity index (χ4v) is 3.57. The first-order valence-corrected chi connectivity index (χ1v) is 7.73. The third kappa shape index (κ3) is 1.88. The summed E-state index contributed by atoms with van der Waals surface area (Å²) in [5.74, 6) is 0. The highest BCUT2D eigenvalue weighted by atomic mass is 31.0. The molecule has 0 spiro atoms. The summed E-state index contributed by atoms with van der Waals surface area (Å²) >= 11 is 0. The van der Waals surface area contributed by atoms with Crippen LogP contribution >= 0.6 is 8.86 Å². The van der Waals surface area contributed by atoms with Crippen molar-refractivity contribution in [3.05, 3.63) is 77.0 Å². The number of H-pyrrole nitrogens is 1. The number of aromatic amines is 1. The Hall–Kier alpha value is -2.44. The maximum Gasteiger partial charge on any atom is 0.152 e. The maximum atomic E-state index is 11.6. The predicted octanol–water partition coefficient (Wildman–Crippen LogP) is 4.28. The van der Waals surface area contributed by atoms with Gasteiger partial charge in [0.05, 0.1) is 5.69 Å². The summed E-state index contributed by atoms with van der Waals surface area (Å²) in [5.41, 5.74) is 6.20. The van der Waals surface area contributed by atoms with Gasteiger partial charge in [-0.1, -0.05) is 48.5 Å². The van der Waals surface area contributed by atoms with Crippen molar-refractivity contribution in [1.82, 2.24) is 4.98 Å². The molecule has 1 aliphatic carbocycles. The third-order valence-corrected chi connectivity index (χ3v) is 4.74. The average Bonchev–Trinajstić information content (AvgIpc) is 3.15. The van der Waals surface area contributed by atoms with Crippen molar-refractivity contribution in [2.75, 3.05) is 0 Å². The van der Waals surface area contributed by atoms with Crippen molar-refractivity contribution in [3.63, 3.8) is 0 Å². The smallest absolute Gasteiger partial charge is 0.152 e. The van der Waals surface area contributed by atoms with Crippen LogP contribution in [-0.2, 0) is 6.42 Å². The number of aromatic nitrogens is 1. The quantitative estimate of drug-likeness (QED) is 0.568. The minimum Gasteiger partial charge on any atom is -0.354 e. The van der Waals surface area contributed by atoms with Gasteiger partial charge in [-0.15, -0.1) is 8.86 Å². The van der Waals surface area contributed by atoms with E-state index < -0.39 is 0 Å². The molecule has 2 nitrogen and oxygen atoms in total. The van der Waals surface area contributed by atoms with Gasteiger partial charge in [0.15, 0.2) is 6.29 Å². The van der Waals surface area contributed by atoms with E-state index in [0.717, 1.165) is 40.2 Å². The lowest BCUT2D eigenvalue weighted by Gasteiger charge is -2.08. The highest BCUT2D eigenvalue weighted by Gasteiger charge is 2.21. The monoisotopic (exact) mass is 303 g/mol. The van der Waals surface area contributed by atoms with Crippen LogP contribution in [0.4, 0.5) is 0 Å². The van der Waals surface area contributed by atoms with E-state index >= 15 is 0 Å². The van der Waals surface area contributed by atoms with Crippen molar-refractivity contribution >= 4 is 36.9 Å². The standard InChI is InChI=1S/C19H14NOP/c21-11-16-14-7-3-4-8-17(14)20-18(16)19(22)15-10-9-12-5-1-2-6-13(12)15/h1-8,10-11,20,22H,9H2. The van der Waals surface area contributed by atoms with Crippen molar-refractivity contribution in [2.24, 2.45) is 0 Å². The van der Waals surface area contributed by atoms with Gasteiger partial charge in [0.1, 0.15) is 0 Å². The third-order valence-electron chi connectivity index (χ3n) is 4.22. The summed E-state index contributed by atoms with van der Waals surface area (Å²) in [4.78, 5) is 15.0. The Labute approximate surface area is 130 Å². The molecule has 0 saturated carbocycles. The second-order valence-electron chi connectivity index (χ2n) is 5.43. The summed E-state index contributed by atoms with van der Waals surface area (Å²) < 4.78 is 0. The van der Waals surface area contributed by atoms with E-state index in [4.69, 9.17) is 0 Å². The van der Waals surface area contributed by atoms with Gasteiger partial charge in [-0.05, 0) is 29.2 Å². The number of benzene rings is 2. The molecule has 1 N–H and O–H groups in total. The van der Waals surface area contributed by atoms with Gasteiger partial charge in [-0.25, -0.2) is 0 Å². The number of nitrogens with one attached hydrogen (secondary N) is 1. The lowest BCUT2D eigenvalue weighted by molar-refractivity contribution is 0.112. The fraction of sp³-hybridized carbons (Fsp3) is 0.0526. The Kier molecular flexibility index (Phi) is 3.06. The first-order chi connectivity index (χ1) is 10.8. The van der Waals surface area contributed by atoms with E-state index in [1.54, 1.807) is 0 Å². The topological polar surface area (TPSA) is 32.9 Å². The summed E-state index contributed by atoms with van der Waals surface area (Å²) in [6.45, 7) is 0. The molecule has 0 unspecified atom stereocenters. The predicted molar refractivity (Wildman–Crippen MR) is 94.2 cm³/mol. The first-order valence-electron chi connectivity index (χ1n) is 7.23. The maximum absolute atomic E-state index is 11.6. The zero-order chi connectivity index (χ0) is 15.1. The number of rotatable bonds is 3. The summed E-state index contributed by atoms with van der Waals surface area (Å²) in [6, 6.07) is 16.2. The lowest BCUT2D eigenvalue weighted by Crippen LogP contribution is -2.03. The highest BCUT2D eigenvalue weighted by molar-refractivity contribution is 7.25. The molecule has 3 aromatic rings. The molecule has 0 saturated heterocycles. The first kappa shape index (κ1) is 13.2. The molecule has 0 fully saturated rings. The molecule has 3 heteroatoms. The van der Waals surface area contributed by atoms with Gasteiger partial charge in [0.2, 0.25) is 0 Å². The number of hydrogen-bond donors (Lipinski definition) is 1. The van der Waals surface area contributed by atoms with Gasteiger partial charge in [0, 0.05) is 21.8 Å². The molecule has 106 valence electrons. The molecule has 22 heavy (non-hydrogen) atoms. The number of aldehydes is 1. The van der Waals surface area contributed by atoms with E-state index in [2.05, 4.69) is 38.1 Å². The Balaban J connectivity index is 1.87. The van der Waals surface area contributed by atoms with Crippen LogP contribution in [0.5, 0.6) is 0 Å². The number of hydrogen-bond acceptors (Lipinski definition) is 1. The van der Waals surface area contributed by atoms with Gasteiger partial charge in [0.25, 0.3) is 0 Å². The molecule has 1 aromatic heterocycles. The van der Waals surface area contributed by atoms with E-state index in [9.17, 15) is 4.79 Å². The summed E-state index contributed by atoms with van der Waals surface area (Å²) in [7, 11) is 3.77. The molecule has 1 aliphatic rings. The number of para-hydroxylation sites is 1. The molecule has 2 aromatic carbocycles. The van der Waals surface area contributed by atoms with Crippen LogP contribution in [0.1, 0.15) is 27.2 Å². The van der Waals surface area contributed by atoms with Crippen LogP contribution in [0.25, 0.3) is 16.5 Å². The van der Waals surface area contributed by atoms with E-state index in [1.807, 2.05) is 30.3 Å². The molecular formula is C19H14NOP. The Bertz CT molecular complexity index is 949. The molecule has 0 bridgehead atoms. The number of fused-ring (bicyclic) bond motifs is 2. The minimum absolute atomic E-state index is 0.700. The summed E-state index contributed by atoms with van der Waals surface area (Å²) in [5, 5.41) is 1.89. The zero-order valence-electron chi connectivity index (χ0n) is 11.9. The largest absolute Gasteiger partial charge is 0.354 e. The average molecular weight is 303 g/mol. The van der Waals surface area contributed by atoms with Crippen molar-refractivity contribution < 1.29 is 4.79 Å². The van der Waals surface area contributed by atoms with Gasteiger partial charge < -0.3 is 4.98 Å². The van der Waals surface area contributed by atoms with Gasteiger partial charge in [-0.2, -0.15) is 0 Å². The van der Waals surface area contributed by atoms with Crippen LogP contribution in [0.2, 0.25) is 0 Å². The lowest BCUT2D eigenvalue weighted by atomic mass is 10.00. The van der Waals surface area contributed by atoms with Crippen LogP contribution in [0.3, 0.4) is 0 Å². The second kappa shape index (κ2) is 5.08. The Morgan fingerprint density at radius 1 is 1.09 bits per heavy atom. The molecule has 0 amide bonds. The molecule has 0 radical (unpaired) electrons. The molecule has 0 aliphatic heterocycles. The van der Waals surface area contributed by atoms with E-state index in [-0.39, 0.29) is 0 Å². The Morgan fingerprint density at radius 2 is 1.86 bits per heavy atom. The molecule has 0 atom stereocenters. The van der Waals surface area contributed by atoms with Crippen molar-refractivity contribution in [2.45, 2.75) is 6.42 Å². The fourth-order valence-electron chi connectivity index (χ4n) is 3.14. The summed E-state index contributed by atoms with van der Waals surface area (Å²) in [6.07, 6.45) is 4.05. The van der Waals surface area contributed by atoms with E-state index in [0.29, 0.717) is 5.56 Å². The SMILES string of the molecule is O=Cc1c(C(=P)C2=CCc3ccccc32)[nH]c2ccccc12. The number of carbonyl (C=O) groups excluding carboxylic acids is 1. The van der Waals surface area contributed by atoms with Crippen LogP contribution in [0.15, 0.2) is 54.6 Å². The van der Waals surface area contributed by atoms with Crippen LogP contribution in [0, 0.1) is 0 Å². The molecule has 4 rings (SSSR count). The van der Waals surface area contributed by atoms with Crippen LogP contribution in [-0.4, -0.2) is 16.6 Å². The van der Waals surface area contributed by atoms with Crippen molar-refractivity contribution in [1.29, 1.82) is 0 Å². The normalized spacial score (nSPS) is 13.0. The number of carbonyl (C=O) groups is 1. The Morgan fingerprint density at radius 3 is 2.73 bits per heavy atom. The second-order valence-corrected chi connectivity index (χ2v) is 5.93. The van der Waals surface area contributed by atoms with Gasteiger partial charge in [-0.3, -0.25) is 4.79 Å². The molecular weight excluding hydrogens is 289 g/mol. The van der Waals surface area contributed by atoms with Crippen molar-refractivity contribution in [3.8, 4) is 0 Å². The van der Waals surface area contributed by atoms with Gasteiger partial charge >= 0.3 is 0 Å². The number of allylic oxidation sites excluding steroid dienone is 2. The van der Waals surface area contributed by atoms with E-state index in [1.165, 1.54) is 11.1 Å². The molecule has 1 heterocycles.